The Morgan fingerprint density at radius 2 is 2.00 bits per heavy atom. The lowest BCUT2D eigenvalue weighted by atomic mass is 10.1. The standard InChI is InChI=1S/C18H13NO2/c20-15-6-5-12-7-16(21-18(12)9-15)8-14-11-19-10-13-3-1-2-4-17(13)14/h1-6,8-11,20H,7H2/b16-8-. The lowest BCUT2D eigenvalue weighted by molar-refractivity contribution is 0.440. The predicted octanol–water partition coefficient (Wildman–Crippen LogP) is 3.92. The molecule has 3 nitrogen and oxygen atoms in total. The molecule has 0 saturated heterocycles. The summed E-state index contributed by atoms with van der Waals surface area (Å²) in [6, 6.07) is 13.4. The van der Waals surface area contributed by atoms with Crippen LogP contribution in [0.2, 0.25) is 0 Å². The van der Waals surface area contributed by atoms with E-state index < -0.39 is 0 Å². The second-order valence-corrected chi connectivity index (χ2v) is 5.13. The summed E-state index contributed by atoms with van der Waals surface area (Å²) in [5.41, 5.74) is 2.13. The number of allylic oxidation sites excluding steroid dienone is 1. The van der Waals surface area contributed by atoms with Gasteiger partial charge in [0.15, 0.2) is 0 Å². The summed E-state index contributed by atoms with van der Waals surface area (Å²) >= 11 is 0. The number of phenolic OH excluding ortho intramolecular Hbond substituents is 1. The number of rotatable bonds is 1. The van der Waals surface area contributed by atoms with Gasteiger partial charge in [-0.1, -0.05) is 30.3 Å². The lowest BCUT2D eigenvalue weighted by Gasteiger charge is -2.03. The molecule has 0 spiro atoms. The first-order chi connectivity index (χ1) is 10.3. The third kappa shape index (κ3) is 2.13. The number of hydrogen-bond acceptors (Lipinski definition) is 3. The van der Waals surface area contributed by atoms with Crippen molar-refractivity contribution >= 4 is 16.8 Å². The molecular formula is C18H13NO2. The highest BCUT2D eigenvalue weighted by molar-refractivity contribution is 5.89. The van der Waals surface area contributed by atoms with Gasteiger partial charge in [0.25, 0.3) is 0 Å². The summed E-state index contributed by atoms with van der Waals surface area (Å²) in [6.07, 6.45) is 6.46. The monoisotopic (exact) mass is 275 g/mol. The molecule has 21 heavy (non-hydrogen) atoms. The Labute approximate surface area is 122 Å². The van der Waals surface area contributed by atoms with Gasteiger partial charge in [0.1, 0.15) is 17.3 Å². The molecule has 0 aliphatic carbocycles. The highest BCUT2D eigenvalue weighted by atomic mass is 16.5. The van der Waals surface area contributed by atoms with Crippen LogP contribution in [-0.2, 0) is 6.42 Å². The molecule has 0 bridgehead atoms. The van der Waals surface area contributed by atoms with Crippen LogP contribution in [0.25, 0.3) is 16.8 Å². The van der Waals surface area contributed by atoms with Crippen molar-refractivity contribution in [3.63, 3.8) is 0 Å². The minimum Gasteiger partial charge on any atom is -0.508 e. The van der Waals surface area contributed by atoms with E-state index in [1.54, 1.807) is 12.1 Å². The second-order valence-electron chi connectivity index (χ2n) is 5.13. The molecule has 0 radical (unpaired) electrons. The minimum absolute atomic E-state index is 0.224. The van der Waals surface area contributed by atoms with Gasteiger partial charge in [0, 0.05) is 41.4 Å². The van der Waals surface area contributed by atoms with Crippen LogP contribution in [0.3, 0.4) is 0 Å². The zero-order valence-corrected chi connectivity index (χ0v) is 11.3. The third-order valence-electron chi connectivity index (χ3n) is 3.67. The maximum atomic E-state index is 9.50. The van der Waals surface area contributed by atoms with E-state index in [1.807, 2.05) is 42.7 Å². The van der Waals surface area contributed by atoms with E-state index in [9.17, 15) is 5.11 Å². The summed E-state index contributed by atoms with van der Waals surface area (Å²) in [4.78, 5) is 4.28. The fourth-order valence-corrected chi connectivity index (χ4v) is 2.66. The first-order valence-corrected chi connectivity index (χ1v) is 6.83. The van der Waals surface area contributed by atoms with E-state index in [0.29, 0.717) is 0 Å². The van der Waals surface area contributed by atoms with Crippen LogP contribution in [0.1, 0.15) is 11.1 Å². The maximum absolute atomic E-state index is 9.50. The molecule has 0 saturated carbocycles. The van der Waals surface area contributed by atoms with Gasteiger partial charge in [-0.05, 0) is 17.5 Å². The smallest absolute Gasteiger partial charge is 0.134 e. The molecule has 3 heteroatoms. The van der Waals surface area contributed by atoms with Gasteiger partial charge in [-0.2, -0.15) is 0 Å². The van der Waals surface area contributed by atoms with Gasteiger partial charge in [-0.15, -0.1) is 0 Å². The van der Waals surface area contributed by atoms with E-state index >= 15 is 0 Å². The molecule has 1 aromatic heterocycles. The van der Waals surface area contributed by atoms with E-state index in [-0.39, 0.29) is 5.75 Å². The largest absolute Gasteiger partial charge is 0.508 e. The second kappa shape index (κ2) is 4.63. The zero-order chi connectivity index (χ0) is 14.2. The van der Waals surface area contributed by atoms with Gasteiger partial charge in [0.2, 0.25) is 0 Å². The third-order valence-corrected chi connectivity index (χ3v) is 3.67. The number of fused-ring (bicyclic) bond motifs is 2. The first-order valence-electron chi connectivity index (χ1n) is 6.83. The normalized spacial score (nSPS) is 15.1. The van der Waals surface area contributed by atoms with Crippen LogP contribution in [0.4, 0.5) is 0 Å². The Bertz CT molecular complexity index is 863. The molecule has 2 aromatic carbocycles. The van der Waals surface area contributed by atoms with Crippen LogP contribution < -0.4 is 4.74 Å². The van der Waals surface area contributed by atoms with Crippen molar-refractivity contribution in [2.75, 3.05) is 0 Å². The summed E-state index contributed by atoms with van der Waals surface area (Å²) in [5.74, 6) is 1.82. The maximum Gasteiger partial charge on any atom is 0.134 e. The highest BCUT2D eigenvalue weighted by Crippen LogP contribution is 2.34. The van der Waals surface area contributed by atoms with Crippen molar-refractivity contribution in [3.05, 3.63) is 71.7 Å². The van der Waals surface area contributed by atoms with Crippen LogP contribution in [-0.4, -0.2) is 10.1 Å². The quantitative estimate of drug-likeness (QED) is 0.732. The van der Waals surface area contributed by atoms with Crippen molar-refractivity contribution in [3.8, 4) is 11.5 Å². The molecule has 1 N–H and O–H groups in total. The molecule has 3 aromatic rings. The molecule has 4 rings (SSSR count). The van der Waals surface area contributed by atoms with E-state index in [4.69, 9.17) is 4.74 Å². The van der Waals surface area contributed by atoms with Gasteiger partial charge < -0.3 is 9.84 Å². The fraction of sp³-hybridized carbons (Fsp3) is 0.0556. The number of aromatic hydroxyl groups is 1. The van der Waals surface area contributed by atoms with Gasteiger partial charge >= 0.3 is 0 Å². The molecule has 0 amide bonds. The highest BCUT2D eigenvalue weighted by Gasteiger charge is 2.17. The molecule has 2 heterocycles. The Morgan fingerprint density at radius 1 is 1.10 bits per heavy atom. The lowest BCUT2D eigenvalue weighted by Crippen LogP contribution is -1.89. The summed E-state index contributed by atoms with van der Waals surface area (Å²) in [5, 5.41) is 11.8. The number of hydrogen-bond donors (Lipinski definition) is 1. The number of nitrogens with zero attached hydrogens (tertiary/aromatic N) is 1. The van der Waals surface area contributed by atoms with E-state index in [1.165, 1.54) is 0 Å². The molecule has 0 atom stereocenters. The Hall–Kier alpha value is -2.81. The molecule has 1 aliphatic rings. The average Bonchev–Trinajstić information content (AvgIpc) is 2.89. The summed E-state index contributed by atoms with van der Waals surface area (Å²) in [6.45, 7) is 0. The van der Waals surface area contributed by atoms with Crippen LogP contribution in [0, 0.1) is 0 Å². The number of pyridine rings is 1. The molecule has 0 fully saturated rings. The SMILES string of the molecule is Oc1ccc2c(c1)O/C(=C\c1cncc3ccccc13)C2. The van der Waals surface area contributed by atoms with Crippen molar-refractivity contribution < 1.29 is 9.84 Å². The topological polar surface area (TPSA) is 42.4 Å². The van der Waals surface area contributed by atoms with Crippen molar-refractivity contribution in [2.45, 2.75) is 6.42 Å². The van der Waals surface area contributed by atoms with Crippen LogP contribution in [0.15, 0.2) is 60.6 Å². The zero-order valence-electron chi connectivity index (χ0n) is 11.3. The predicted molar refractivity (Wildman–Crippen MR) is 82.2 cm³/mol. The van der Waals surface area contributed by atoms with Crippen LogP contribution in [0.5, 0.6) is 11.5 Å². The first kappa shape index (κ1) is 12.0. The Morgan fingerprint density at radius 3 is 2.95 bits per heavy atom. The van der Waals surface area contributed by atoms with Crippen molar-refractivity contribution in [1.29, 1.82) is 0 Å². The number of benzene rings is 2. The Kier molecular flexibility index (Phi) is 2.64. The van der Waals surface area contributed by atoms with Gasteiger partial charge in [-0.3, -0.25) is 4.98 Å². The number of ether oxygens (including phenoxy) is 1. The molecular weight excluding hydrogens is 262 g/mol. The number of phenols is 1. The van der Waals surface area contributed by atoms with Gasteiger partial charge in [0.05, 0.1) is 0 Å². The summed E-state index contributed by atoms with van der Waals surface area (Å²) in [7, 11) is 0. The summed E-state index contributed by atoms with van der Waals surface area (Å²) < 4.78 is 5.81. The average molecular weight is 275 g/mol. The number of aromatic nitrogens is 1. The van der Waals surface area contributed by atoms with Crippen LogP contribution >= 0.6 is 0 Å². The van der Waals surface area contributed by atoms with Gasteiger partial charge in [-0.25, -0.2) is 0 Å². The van der Waals surface area contributed by atoms with Crippen molar-refractivity contribution in [2.24, 2.45) is 0 Å². The molecule has 102 valence electrons. The minimum atomic E-state index is 0.224. The molecule has 1 aliphatic heterocycles. The molecule has 0 unspecified atom stereocenters. The Balaban J connectivity index is 1.76. The van der Waals surface area contributed by atoms with E-state index in [2.05, 4.69) is 11.1 Å². The van der Waals surface area contributed by atoms with Crippen molar-refractivity contribution in [1.82, 2.24) is 4.98 Å². The fourth-order valence-electron chi connectivity index (χ4n) is 2.66. The van der Waals surface area contributed by atoms with E-state index in [0.717, 1.165) is 39.8 Å².